The number of rotatable bonds is 6. The molecule has 1 atom stereocenters. The molecule has 1 fully saturated rings. The number of aryl methyl sites for hydroxylation is 1. The summed E-state index contributed by atoms with van der Waals surface area (Å²) in [4.78, 5) is 9.65. The molecule has 0 radical (unpaired) electrons. The van der Waals surface area contributed by atoms with Crippen molar-refractivity contribution in [1.82, 2.24) is 9.88 Å². The Morgan fingerprint density at radius 1 is 1.07 bits per heavy atom. The van der Waals surface area contributed by atoms with Gasteiger partial charge in [-0.2, -0.15) is 0 Å². The molecular weight excluding hydrogens is 368 g/mol. The van der Waals surface area contributed by atoms with E-state index in [9.17, 15) is 0 Å². The Bertz CT molecular complexity index is 850. The van der Waals surface area contributed by atoms with Crippen LogP contribution in [0, 0.1) is 6.92 Å². The molecule has 2 aromatic rings. The molecule has 1 unspecified atom stereocenters. The number of piperazine rings is 1. The minimum atomic E-state index is 0.377. The zero-order valence-corrected chi connectivity index (χ0v) is 19.4. The summed E-state index contributed by atoms with van der Waals surface area (Å²) in [5.74, 6) is 1.32. The van der Waals surface area contributed by atoms with E-state index in [4.69, 9.17) is 0 Å². The van der Waals surface area contributed by atoms with Crippen LogP contribution in [0.1, 0.15) is 63.1 Å². The van der Waals surface area contributed by atoms with Gasteiger partial charge in [0.1, 0.15) is 5.82 Å². The number of nitrogens with zero attached hydrogens (tertiary/aromatic N) is 3. The number of hydrogen-bond acceptors (Lipinski definition) is 4. The maximum Gasteiger partial charge on any atom is 0.132 e. The lowest BCUT2D eigenvalue weighted by atomic mass is 9.99. The van der Waals surface area contributed by atoms with Crippen LogP contribution in [-0.2, 0) is 0 Å². The highest BCUT2D eigenvalue weighted by Crippen LogP contribution is 2.36. The Kier molecular flexibility index (Phi) is 7.92. The summed E-state index contributed by atoms with van der Waals surface area (Å²) < 4.78 is 0. The van der Waals surface area contributed by atoms with Gasteiger partial charge in [0.2, 0.25) is 0 Å². The van der Waals surface area contributed by atoms with Crippen LogP contribution in [0.5, 0.6) is 0 Å². The summed E-state index contributed by atoms with van der Waals surface area (Å²) in [6.45, 7) is 16.4. The third kappa shape index (κ3) is 5.23. The number of benzene rings is 1. The Morgan fingerprint density at radius 2 is 1.83 bits per heavy atom. The Morgan fingerprint density at radius 3 is 2.57 bits per heavy atom. The number of nitrogens with one attached hydrogen (secondary N) is 1. The molecule has 1 aliphatic carbocycles. The fourth-order valence-electron chi connectivity index (χ4n) is 4.25. The second-order valence-corrected chi connectivity index (χ2v) is 8.16. The molecule has 1 N–H and O–H groups in total. The Labute approximate surface area is 183 Å². The number of pyridine rings is 1. The van der Waals surface area contributed by atoms with Crippen LogP contribution in [0.15, 0.2) is 42.2 Å². The van der Waals surface area contributed by atoms with E-state index >= 15 is 0 Å². The highest BCUT2D eigenvalue weighted by atomic mass is 15.3. The second kappa shape index (κ2) is 10.6. The highest BCUT2D eigenvalue weighted by Gasteiger charge is 2.22. The standard InChI is InChI=1S/C24H32N4.C2H6/c1-4-5-10-27-11-13-28(14-12-27)21-8-9-25-24(17-21)26-23-16-20-7-6-18(2)15-22(20)19(23)3;1-2/h6-9,15-17,19H,4-5,10-14H2,1-3H3,(H,25,26);1-2H3. The SMILES string of the molecule is CC.CCCCN1CCN(c2ccnc(NC3=Cc4ccc(C)cc4C3C)c2)CC1. The van der Waals surface area contributed by atoms with Crippen LogP contribution in [0.3, 0.4) is 0 Å². The molecule has 4 rings (SSSR count). The maximum absolute atomic E-state index is 4.58. The average molecular weight is 407 g/mol. The van der Waals surface area contributed by atoms with Crippen molar-refractivity contribution < 1.29 is 0 Å². The fraction of sp³-hybridized carbons (Fsp3) is 0.500. The van der Waals surface area contributed by atoms with Gasteiger partial charge < -0.3 is 10.2 Å². The lowest BCUT2D eigenvalue weighted by Crippen LogP contribution is -2.46. The predicted octanol–water partition coefficient (Wildman–Crippen LogP) is 5.91. The van der Waals surface area contributed by atoms with E-state index in [0.717, 1.165) is 32.0 Å². The van der Waals surface area contributed by atoms with Crippen molar-refractivity contribution in [2.45, 2.75) is 53.4 Å². The van der Waals surface area contributed by atoms with Gasteiger partial charge >= 0.3 is 0 Å². The molecule has 1 aromatic heterocycles. The Balaban J connectivity index is 0.00000124. The molecule has 0 saturated carbocycles. The van der Waals surface area contributed by atoms with Crippen LogP contribution in [0.4, 0.5) is 11.5 Å². The molecule has 2 heterocycles. The van der Waals surface area contributed by atoms with E-state index in [1.54, 1.807) is 0 Å². The molecule has 0 spiro atoms. The summed E-state index contributed by atoms with van der Waals surface area (Å²) >= 11 is 0. The molecule has 1 aliphatic heterocycles. The summed E-state index contributed by atoms with van der Waals surface area (Å²) in [6.07, 6.45) is 6.77. The molecule has 1 aromatic carbocycles. The van der Waals surface area contributed by atoms with Gasteiger partial charge in [-0.25, -0.2) is 4.98 Å². The van der Waals surface area contributed by atoms with E-state index in [1.807, 2.05) is 20.0 Å². The quantitative estimate of drug-likeness (QED) is 0.646. The Hall–Kier alpha value is -2.33. The van der Waals surface area contributed by atoms with Crippen molar-refractivity contribution in [2.24, 2.45) is 0 Å². The number of hydrogen-bond donors (Lipinski definition) is 1. The van der Waals surface area contributed by atoms with Gasteiger partial charge in [0.05, 0.1) is 0 Å². The van der Waals surface area contributed by atoms with Crippen LogP contribution in [0.2, 0.25) is 0 Å². The number of anilines is 2. The summed E-state index contributed by atoms with van der Waals surface area (Å²) in [7, 11) is 0. The number of aromatic nitrogens is 1. The molecule has 2 aliphatic rings. The summed E-state index contributed by atoms with van der Waals surface area (Å²) in [5.41, 5.74) is 6.54. The van der Waals surface area contributed by atoms with Gasteiger partial charge in [0.15, 0.2) is 0 Å². The fourth-order valence-corrected chi connectivity index (χ4v) is 4.25. The van der Waals surface area contributed by atoms with Crippen LogP contribution in [-0.4, -0.2) is 42.6 Å². The van der Waals surface area contributed by atoms with Crippen molar-refractivity contribution >= 4 is 17.6 Å². The first-order valence-electron chi connectivity index (χ1n) is 11.7. The molecular formula is C26H38N4. The first-order chi connectivity index (χ1) is 14.6. The van der Waals surface area contributed by atoms with E-state index in [1.165, 1.54) is 47.5 Å². The smallest absolute Gasteiger partial charge is 0.132 e. The van der Waals surface area contributed by atoms with Gasteiger partial charge in [0, 0.05) is 55.7 Å². The normalized spacial score (nSPS) is 18.4. The topological polar surface area (TPSA) is 31.4 Å². The largest absolute Gasteiger partial charge is 0.369 e. The van der Waals surface area contributed by atoms with Crippen molar-refractivity contribution in [3.63, 3.8) is 0 Å². The van der Waals surface area contributed by atoms with Crippen LogP contribution >= 0.6 is 0 Å². The molecule has 4 heteroatoms. The van der Waals surface area contributed by atoms with Crippen LogP contribution < -0.4 is 10.2 Å². The van der Waals surface area contributed by atoms with E-state index in [2.05, 4.69) is 77.3 Å². The number of unbranched alkanes of at least 4 members (excludes halogenated alkanes) is 1. The van der Waals surface area contributed by atoms with E-state index < -0.39 is 0 Å². The van der Waals surface area contributed by atoms with Crippen molar-refractivity contribution in [3.05, 3.63) is 58.9 Å². The first kappa shape index (κ1) is 22.4. The van der Waals surface area contributed by atoms with E-state index in [0.29, 0.717) is 5.92 Å². The highest BCUT2D eigenvalue weighted by molar-refractivity contribution is 5.71. The zero-order chi connectivity index (χ0) is 21.5. The molecule has 4 nitrogen and oxygen atoms in total. The summed E-state index contributed by atoms with van der Waals surface area (Å²) in [6, 6.07) is 11.0. The van der Waals surface area contributed by atoms with Crippen LogP contribution in [0.25, 0.3) is 6.08 Å². The number of allylic oxidation sites excluding steroid dienone is 1. The van der Waals surface area contributed by atoms with E-state index in [-0.39, 0.29) is 0 Å². The third-order valence-electron chi connectivity index (χ3n) is 6.07. The van der Waals surface area contributed by atoms with Gasteiger partial charge in [-0.15, -0.1) is 0 Å². The van der Waals surface area contributed by atoms with Gasteiger partial charge in [0.25, 0.3) is 0 Å². The summed E-state index contributed by atoms with van der Waals surface area (Å²) in [5, 5.41) is 3.59. The average Bonchev–Trinajstić information content (AvgIpc) is 3.09. The second-order valence-electron chi connectivity index (χ2n) is 8.16. The van der Waals surface area contributed by atoms with Gasteiger partial charge in [-0.05, 0) is 43.2 Å². The van der Waals surface area contributed by atoms with Crippen molar-refractivity contribution in [2.75, 3.05) is 42.9 Å². The lowest BCUT2D eigenvalue weighted by molar-refractivity contribution is 0.254. The van der Waals surface area contributed by atoms with Gasteiger partial charge in [-0.1, -0.05) is 57.9 Å². The molecule has 162 valence electrons. The minimum absolute atomic E-state index is 0.377. The molecule has 1 saturated heterocycles. The van der Waals surface area contributed by atoms with Crippen molar-refractivity contribution in [1.29, 1.82) is 0 Å². The predicted molar refractivity (Wildman–Crippen MR) is 130 cm³/mol. The minimum Gasteiger partial charge on any atom is -0.369 e. The van der Waals surface area contributed by atoms with Gasteiger partial charge in [-0.3, -0.25) is 4.90 Å². The maximum atomic E-state index is 4.58. The lowest BCUT2D eigenvalue weighted by Gasteiger charge is -2.36. The monoisotopic (exact) mass is 406 g/mol. The molecule has 0 bridgehead atoms. The number of fused-ring (bicyclic) bond motifs is 1. The molecule has 30 heavy (non-hydrogen) atoms. The first-order valence-corrected chi connectivity index (χ1v) is 11.7. The zero-order valence-electron chi connectivity index (χ0n) is 19.4. The van der Waals surface area contributed by atoms with Crippen molar-refractivity contribution in [3.8, 4) is 0 Å². The third-order valence-corrected chi connectivity index (χ3v) is 6.07. The molecule has 0 amide bonds.